The van der Waals surface area contributed by atoms with E-state index in [0.717, 1.165) is 25.9 Å². The molecule has 18 heavy (non-hydrogen) atoms. The first-order valence-corrected chi connectivity index (χ1v) is 6.54. The van der Waals surface area contributed by atoms with Crippen molar-refractivity contribution in [3.63, 3.8) is 0 Å². The molecule has 1 unspecified atom stereocenters. The molecule has 0 saturated carbocycles. The number of carbonyl (C=O) groups is 2. The summed E-state index contributed by atoms with van der Waals surface area (Å²) in [7, 11) is 0. The molecular formula is C13H24N2O3. The summed E-state index contributed by atoms with van der Waals surface area (Å²) in [6.07, 6.45) is 2.07. The first-order valence-electron chi connectivity index (χ1n) is 6.54. The predicted molar refractivity (Wildman–Crippen MR) is 69.4 cm³/mol. The van der Waals surface area contributed by atoms with Gasteiger partial charge in [-0.1, -0.05) is 34.1 Å². The van der Waals surface area contributed by atoms with Crippen molar-refractivity contribution < 1.29 is 14.7 Å². The predicted octanol–water partition coefficient (Wildman–Crippen LogP) is 1.93. The smallest absolute Gasteiger partial charge is 0.326 e. The number of hydrogen-bond donors (Lipinski definition) is 2. The monoisotopic (exact) mass is 256 g/mol. The number of likely N-dealkylation sites (tertiary alicyclic amines) is 1. The van der Waals surface area contributed by atoms with Crippen LogP contribution in [-0.4, -0.2) is 41.1 Å². The molecule has 0 aliphatic carbocycles. The molecular weight excluding hydrogens is 232 g/mol. The van der Waals surface area contributed by atoms with Gasteiger partial charge >= 0.3 is 12.0 Å². The Morgan fingerprint density at radius 3 is 2.44 bits per heavy atom. The van der Waals surface area contributed by atoms with Gasteiger partial charge in [0.15, 0.2) is 0 Å². The van der Waals surface area contributed by atoms with Crippen LogP contribution < -0.4 is 5.32 Å². The van der Waals surface area contributed by atoms with Crippen molar-refractivity contribution in [3.8, 4) is 0 Å². The van der Waals surface area contributed by atoms with Crippen molar-refractivity contribution in [2.45, 2.75) is 46.6 Å². The van der Waals surface area contributed by atoms with Gasteiger partial charge in [-0.2, -0.15) is 0 Å². The van der Waals surface area contributed by atoms with E-state index in [2.05, 4.69) is 12.2 Å². The molecule has 1 fully saturated rings. The van der Waals surface area contributed by atoms with Gasteiger partial charge in [0.25, 0.3) is 0 Å². The summed E-state index contributed by atoms with van der Waals surface area (Å²) in [6, 6.07) is -1.11. The SMILES string of the molecule is CCC1CCN(C(=O)N[C@@H](C(=O)O)C(C)(C)C)C1. The van der Waals surface area contributed by atoms with Crippen LogP contribution in [0.15, 0.2) is 0 Å². The number of hydrogen-bond acceptors (Lipinski definition) is 2. The molecule has 2 N–H and O–H groups in total. The summed E-state index contributed by atoms with van der Waals surface area (Å²) in [4.78, 5) is 24.9. The zero-order chi connectivity index (χ0) is 13.9. The van der Waals surface area contributed by atoms with E-state index in [1.54, 1.807) is 4.90 Å². The third-order valence-electron chi connectivity index (χ3n) is 3.53. The Labute approximate surface area is 109 Å². The maximum absolute atomic E-state index is 12.0. The highest BCUT2D eigenvalue weighted by Gasteiger charge is 2.35. The molecule has 1 heterocycles. The van der Waals surface area contributed by atoms with Crippen LogP contribution in [0.5, 0.6) is 0 Å². The minimum absolute atomic E-state index is 0.256. The van der Waals surface area contributed by atoms with Gasteiger partial charge in [-0.3, -0.25) is 0 Å². The van der Waals surface area contributed by atoms with Gasteiger partial charge in [-0.15, -0.1) is 0 Å². The number of carboxylic acid groups (broad SMARTS) is 1. The van der Waals surface area contributed by atoms with Gasteiger partial charge in [0, 0.05) is 13.1 Å². The number of nitrogens with zero attached hydrogens (tertiary/aromatic N) is 1. The van der Waals surface area contributed by atoms with E-state index < -0.39 is 17.4 Å². The number of nitrogens with one attached hydrogen (secondary N) is 1. The van der Waals surface area contributed by atoms with Crippen LogP contribution in [0.4, 0.5) is 4.79 Å². The fourth-order valence-corrected chi connectivity index (χ4v) is 2.21. The average molecular weight is 256 g/mol. The lowest BCUT2D eigenvalue weighted by Crippen LogP contribution is -2.52. The molecule has 2 atom stereocenters. The summed E-state index contributed by atoms with van der Waals surface area (Å²) >= 11 is 0. The lowest BCUT2D eigenvalue weighted by Gasteiger charge is -2.29. The van der Waals surface area contributed by atoms with E-state index in [0.29, 0.717) is 5.92 Å². The minimum atomic E-state index is -0.984. The van der Waals surface area contributed by atoms with Crippen LogP contribution in [0.3, 0.4) is 0 Å². The first kappa shape index (κ1) is 14.8. The number of amides is 2. The van der Waals surface area contributed by atoms with Crippen LogP contribution in [0.2, 0.25) is 0 Å². The molecule has 0 radical (unpaired) electrons. The Morgan fingerprint density at radius 2 is 2.06 bits per heavy atom. The topological polar surface area (TPSA) is 69.6 Å². The highest BCUT2D eigenvalue weighted by Crippen LogP contribution is 2.22. The van der Waals surface area contributed by atoms with Gasteiger partial charge in [0.1, 0.15) is 6.04 Å². The van der Waals surface area contributed by atoms with Gasteiger partial charge in [-0.25, -0.2) is 9.59 Å². The second kappa shape index (κ2) is 5.59. The molecule has 1 aliphatic heterocycles. The maximum atomic E-state index is 12.0. The fourth-order valence-electron chi connectivity index (χ4n) is 2.21. The van der Waals surface area contributed by atoms with Gasteiger partial charge < -0.3 is 15.3 Å². The Morgan fingerprint density at radius 1 is 1.44 bits per heavy atom. The molecule has 104 valence electrons. The van der Waals surface area contributed by atoms with E-state index in [-0.39, 0.29) is 6.03 Å². The summed E-state index contributed by atoms with van der Waals surface area (Å²) in [6.45, 7) is 9.00. The molecule has 1 aliphatic rings. The van der Waals surface area contributed by atoms with Gasteiger partial charge in [-0.05, 0) is 17.8 Å². The molecule has 1 saturated heterocycles. The summed E-state index contributed by atoms with van der Waals surface area (Å²) in [5, 5.41) is 11.8. The number of carboxylic acids is 1. The van der Waals surface area contributed by atoms with Gasteiger partial charge in [0.05, 0.1) is 0 Å². The Balaban J connectivity index is 2.60. The second-order valence-electron chi connectivity index (χ2n) is 6.10. The number of rotatable bonds is 3. The second-order valence-corrected chi connectivity index (χ2v) is 6.10. The lowest BCUT2D eigenvalue weighted by molar-refractivity contribution is -0.142. The van der Waals surface area contributed by atoms with E-state index >= 15 is 0 Å². The summed E-state index contributed by atoms with van der Waals surface area (Å²) in [5.41, 5.74) is -0.495. The van der Waals surface area contributed by atoms with Crippen LogP contribution >= 0.6 is 0 Å². The van der Waals surface area contributed by atoms with Crippen LogP contribution in [0, 0.1) is 11.3 Å². The number of urea groups is 1. The first-order chi connectivity index (χ1) is 8.25. The Bertz CT molecular complexity index is 323. The summed E-state index contributed by atoms with van der Waals surface area (Å²) in [5.74, 6) is -0.434. The van der Waals surface area contributed by atoms with E-state index in [4.69, 9.17) is 5.11 Å². The van der Waals surface area contributed by atoms with Crippen molar-refractivity contribution in [1.82, 2.24) is 10.2 Å². The van der Waals surface area contributed by atoms with E-state index in [1.165, 1.54) is 0 Å². The number of aliphatic carboxylic acids is 1. The summed E-state index contributed by atoms with van der Waals surface area (Å²) < 4.78 is 0. The zero-order valence-electron chi connectivity index (χ0n) is 11.7. The van der Waals surface area contributed by atoms with Crippen molar-refractivity contribution in [3.05, 3.63) is 0 Å². The molecule has 0 bridgehead atoms. The van der Waals surface area contributed by atoms with E-state index in [9.17, 15) is 9.59 Å². The lowest BCUT2D eigenvalue weighted by atomic mass is 9.87. The van der Waals surface area contributed by atoms with Crippen LogP contribution in [0.25, 0.3) is 0 Å². The maximum Gasteiger partial charge on any atom is 0.326 e. The molecule has 5 nitrogen and oxygen atoms in total. The third kappa shape index (κ3) is 3.62. The Kier molecular flexibility index (Phi) is 4.59. The molecule has 1 rings (SSSR count). The Hall–Kier alpha value is -1.26. The third-order valence-corrected chi connectivity index (χ3v) is 3.53. The normalized spacial score (nSPS) is 21.8. The zero-order valence-corrected chi connectivity index (χ0v) is 11.7. The quantitative estimate of drug-likeness (QED) is 0.810. The molecule has 5 heteroatoms. The molecule has 0 aromatic rings. The van der Waals surface area contributed by atoms with Crippen LogP contribution in [0.1, 0.15) is 40.5 Å². The highest BCUT2D eigenvalue weighted by atomic mass is 16.4. The molecule has 0 aromatic carbocycles. The fraction of sp³-hybridized carbons (Fsp3) is 0.846. The van der Waals surface area contributed by atoms with Gasteiger partial charge in [0.2, 0.25) is 0 Å². The molecule has 2 amide bonds. The average Bonchev–Trinajstić information content (AvgIpc) is 2.71. The van der Waals surface area contributed by atoms with Crippen molar-refractivity contribution in [2.75, 3.05) is 13.1 Å². The minimum Gasteiger partial charge on any atom is -0.480 e. The van der Waals surface area contributed by atoms with Crippen LogP contribution in [-0.2, 0) is 4.79 Å². The largest absolute Gasteiger partial charge is 0.480 e. The standard InChI is InChI=1S/C13H24N2O3/c1-5-9-6-7-15(8-9)12(18)14-10(11(16)17)13(2,3)4/h9-10H,5-8H2,1-4H3,(H,14,18)(H,16,17)/t9?,10-/m0/s1. The number of carbonyl (C=O) groups excluding carboxylic acids is 1. The van der Waals surface area contributed by atoms with Crippen molar-refractivity contribution in [2.24, 2.45) is 11.3 Å². The van der Waals surface area contributed by atoms with Crippen molar-refractivity contribution in [1.29, 1.82) is 0 Å². The molecule has 0 aromatic heterocycles. The molecule has 0 spiro atoms. The highest BCUT2D eigenvalue weighted by molar-refractivity contribution is 5.83. The van der Waals surface area contributed by atoms with E-state index in [1.807, 2.05) is 20.8 Å². The van der Waals surface area contributed by atoms with Crippen molar-refractivity contribution >= 4 is 12.0 Å².